The number of nitrogens with zero attached hydrogens (tertiary/aromatic N) is 3. The van der Waals surface area contributed by atoms with Gasteiger partial charge >= 0.3 is 0 Å². The Hall–Kier alpha value is -2.30. The molecule has 0 N–H and O–H groups in total. The van der Waals surface area contributed by atoms with E-state index in [1.165, 1.54) is 18.5 Å². The summed E-state index contributed by atoms with van der Waals surface area (Å²) in [5.74, 6) is 0.393. The number of likely N-dealkylation sites (tertiary alicyclic amines) is 1. The third-order valence-electron chi connectivity index (χ3n) is 4.53. The molecule has 1 aromatic heterocycles. The molecule has 5 heteroatoms. The first-order valence-electron chi connectivity index (χ1n) is 8.38. The van der Waals surface area contributed by atoms with Gasteiger partial charge in [0.05, 0.1) is 11.3 Å². The van der Waals surface area contributed by atoms with Crippen molar-refractivity contribution in [3.63, 3.8) is 0 Å². The van der Waals surface area contributed by atoms with Crippen LogP contribution in [-0.4, -0.2) is 33.9 Å². The summed E-state index contributed by atoms with van der Waals surface area (Å²) in [6, 6.07) is 6.62. The topological polar surface area (TPSA) is 46.1 Å². The van der Waals surface area contributed by atoms with Gasteiger partial charge in [0.1, 0.15) is 12.1 Å². The van der Waals surface area contributed by atoms with Crippen molar-refractivity contribution in [3.05, 3.63) is 59.4 Å². The van der Waals surface area contributed by atoms with E-state index >= 15 is 0 Å². The van der Waals surface area contributed by atoms with Gasteiger partial charge in [0.25, 0.3) is 5.91 Å². The van der Waals surface area contributed by atoms with E-state index in [0.717, 1.165) is 37.2 Å². The molecule has 0 saturated carbocycles. The fraction of sp³-hybridized carbons (Fsp3) is 0.421. The lowest BCUT2D eigenvalue weighted by atomic mass is 9.99. The van der Waals surface area contributed by atoms with Crippen molar-refractivity contribution >= 4 is 5.91 Å². The summed E-state index contributed by atoms with van der Waals surface area (Å²) < 4.78 is 13.0. The van der Waals surface area contributed by atoms with Crippen LogP contribution >= 0.6 is 0 Å². The third kappa shape index (κ3) is 3.61. The molecule has 0 aliphatic carbocycles. The number of halogens is 1. The smallest absolute Gasteiger partial charge is 0.257 e. The Labute approximate surface area is 141 Å². The summed E-state index contributed by atoms with van der Waals surface area (Å²) in [5.41, 5.74) is 2.52. The van der Waals surface area contributed by atoms with Crippen molar-refractivity contribution in [1.29, 1.82) is 0 Å². The molecule has 1 aromatic carbocycles. The van der Waals surface area contributed by atoms with Gasteiger partial charge in [0.15, 0.2) is 0 Å². The number of benzene rings is 1. The molecule has 1 saturated heterocycles. The summed E-state index contributed by atoms with van der Waals surface area (Å²) in [6.07, 6.45) is 4.95. The molecule has 0 spiro atoms. The molecule has 2 aromatic rings. The van der Waals surface area contributed by atoms with Crippen molar-refractivity contribution < 1.29 is 9.18 Å². The zero-order valence-electron chi connectivity index (χ0n) is 14.1. The predicted octanol–water partition coefficient (Wildman–Crippen LogP) is 3.44. The highest BCUT2D eigenvalue weighted by Crippen LogP contribution is 2.24. The number of aromatic nitrogens is 2. The normalized spacial score (nSPS) is 17.5. The monoisotopic (exact) mass is 327 g/mol. The Morgan fingerprint density at radius 3 is 2.79 bits per heavy atom. The Bertz CT molecular complexity index is 715. The highest BCUT2D eigenvalue weighted by atomic mass is 19.1. The number of hydrogen-bond donors (Lipinski definition) is 0. The molecule has 1 aliphatic heterocycles. The minimum Gasteiger partial charge on any atom is -0.338 e. The Morgan fingerprint density at radius 2 is 2.08 bits per heavy atom. The van der Waals surface area contributed by atoms with Gasteiger partial charge in [-0.05, 0) is 42.4 Å². The van der Waals surface area contributed by atoms with Gasteiger partial charge < -0.3 is 4.90 Å². The van der Waals surface area contributed by atoms with E-state index in [-0.39, 0.29) is 17.6 Å². The van der Waals surface area contributed by atoms with Crippen LogP contribution in [0.3, 0.4) is 0 Å². The number of carbonyl (C=O) groups is 1. The number of hydrogen-bond acceptors (Lipinski definition) is 3. The van der Waals surface area contributed by atoms with Crippen molar-refractivity contribution in [2.45, 2.75) is 32.6 Å². The Balaban J connectivity index is 1.67. The van der Waals surface area contributed by atoms with Gasteiger partial charge in [-0.3, -0.25) is 4.79 Å². The van der Waals surface area contributed by atoms with Crippen molar-refractivity contribution in [2.24, 2.45) is 5.92 Å². The molecular formula is C19H22FN3O. The first kappa shape index (κ1) is 16.6. The van der Waals surface area contributed by atoms with Crippen LogP contribution in [-0.2, 0) is 6.42 Å². The zero-order valence-corrected chi connectivity index (χ0v) is 14.1. The molecule has 1 fully saturated rings. The first-order chi connectivity index (χ1) is 11.5. The van der Waals surface area contributed by atoms with Crippen molar-refractivity contribution in [3.8, 4) is 0 Å². The molecular weight excluding hydrogens is 305 g/mol. The summed E-state index contributed by atoms with van der Waals surface area (Å²) in [7, 11) is 0. The van der Waals surface area contributed by atoms with E-state index in [9.17, 15) is 9.18 Å². The summed E-state index contributed by atoms with van der Waals surface area (Å²) in [6.45, 7) is 5.53. The quantitative estimate of drug-likeness (QED) is 0.864. The molecule has 24 heavy (non-hydrogen) atoms. The van der Waals surface area contributed by atoms with E-state index in [1.54, 1.807) is 6.20 Å². The lowest BCUT2D eigenvalue weighted by Crippen LogP contribution is -2.30. The van der Waals surface area contributed by atoms with Crippen molar-refractivity contribution in [2.75, 3.05) is 13.1 Å². The second-order valence-electron chi connectivity index (χ2n) is 6.71. The number of rotatable bonds is 4. The van der Waals surface area contributed by atoms with Gasteiger partial charge in [0.2, 0.25) is 0 Å². The second-order valence-corrected chi connectivity index (χ2v) is 6.71. The summed E-state index contributed by atoms with van der Waals surface area (Å²) in [5, 5.41) is 0. The molecule has 2 heterocycles. The summed E-state index contributed by atoms with van der Waals surface area (Å²) >= 11 is 0. The molecule has 3 rings (SSSR count). The maximum atomic E-state index is 13.0. The largest absolute Gasteiger partial charge is 0.338 e. The molecule has 1 aliphatic rings. The fourth-order valence-corrected chi connectivity index (χ4v) is 3.27. The van der Waals surface area contributed by atoms with Crippen LogP contribution in [0.5, 0.6) is 0 Å². The molecule has 0 radical (unpaired) electrons. The standard InChI is InChI=1S/C19H22FN3O/c1-13(2)18-17(10-21-12-22-18)19(24)23-8-7-15(11-23)9-14-3-5-16(20)6-4-14/h3-6,10,12-13,15H,7-9,11H2,1-2H3/t15-/m1/s1. The number of amides is 1. The van der Waals surface area contributed by atoms with Crippen LogP contribution < -0.4 is 0 Å². The highest BCUT2D eigenvalue weighted by Gasteiger charge is 2.29. The first-order valence-corrected chi connectivity index (χ1v) is 8.38. The lowest BCUT2D eigenvalue weighted by molar-refractivity contribution is 0.0784. The SMILES string of the molecule is CC(C)c1ncncc1C(=O)N1CC[C@H](Cc2ccc(F)cc2)C1. The molecule has 0 unspecified atom stereocenters. The van der Waals surface area contributed by atoms with E-state index in [0.29, 0.717) is 11.5 Å². The number of carbonyl (C=O) groups excluding carboxylic acids is 1. The van der Waals surface area contributed by atoms with Gasteiger partial charge in [-0.25, -0.2) is 14.4 Å². The molecule has 1 amide bonds. The zero-order chi connectivity index (χ0) is 17.1. The van der Waals surface area contributed by atoms with Crippen molar-refractivity contribution in [1.82, 2.24) is 14.9 Å². The minimum absolute atomic E-state index is 0.0147. The third-order valence-corrected chi connectivity index (χ3v) is 4.53. The Morgan fingerprint density at radius 1 is 1.33 bits per heavy atom. The predicted molar refractivity (Wildman–Crippen MR) is 90.2 cm³/mol. The van der Waals surface area contributed by atoms with E-state index in [2.05, 4.69) is 9.97 Å². The van der Waals surface area contributed by atoms with Crippen LogP contribution in [0, 0.1) is 11.7 Å². The van der Waals surface area contributed by atoms with Gasteiger partial charge in [-0.15, -0.1) is 0 Å². The maximum absolute atomic E-state index is 13.0. The van der Waals surface area contributed by atoms with Crippen LogP contribution in [0.15, 0.2) is 36.8 Å². The van der Waals surface area contributed by atoms with Crippen LogP contribution in [0.2, 0.25) is 0 Å². The second kappa shape index (κ2) is 7.07. The van der Waals surface area contributed by atoms with Gasteiger partial charge in [-0.2, -0.15) is 0 Å². The maximum Gasteiger partial charge on any atom is 0.257 e. The molecule has 4 nitrogen and oxygen atoms in total. The lowest BCUT2D eigenvalue weighted by Gasteiger charge is -2.19. The van der Waals surface area contributed by atoms with Crippen LogP contribution in [0.1, 0.15) is 47.8 Å². The van der Waals surface area contributed by atoms with Crippen LogP contribution in [0.25, 0.3) is 0 Å². The van der Waals surface area contributed by atoms with Gasteiger partial charge in [-0.1, -0.05) is 26.0 Å². The van der Waals surface area contributed by atoms with Crippen LogP contribution in [0.4, 0.5) is 4.39 Å². The molecule has 126 valence electrons. The fourth-order valence-electron chi connectivity index (χ4n) is 3.27. The average molecular weight is 327 g/mol. The minimum atomic E-state index is -0.215. The van der Waals surface area contributed by atoms with E-state index in [1.807, 2.05) is 30.9 Å². The Kier molecular flexibility index (Phi) is 4.88. The molecule has 1 atom stereocenters. The van der Waals surface area contributed by atoms with Gasteiger partial charge in [0, 0.05) is 19.3 Å². The molecule has 0 bridgehead atoms. The summed E-state index contributed by atoms with van der Waals surface area (Å²) in [4.78, 5) is 23.0. The average Bonchev–Trinajstić information content (AvgIpc) is 3.05. The van der Waals surface area contributed by atoms with E-state index in [4.69, 9.17) is 0 Å². The highest BCUT2D eigenvalue weighted by molar-refractivity contribution is 5.95. The van der Waals surface area contributed by atoms with E-state index < -0.39 is 0 Å².